The molecular formula is C17H23N3O3. The molecule has 1 aromatic carbocycles. The molecule has 0 aliphatic carbocycles. The van der Waals surface area contributed by atoms with Gasteiger partial charge in [-0.2, -0.15) is 0 Å². The molecule has 3 aliphatic rings. The highest BCUT2D eigenvalue weighted by Crippen LogP contribution is 2.33. The Hall–Kier alpha value is -2.08. The molecule has 2 N–H and O–H groups in total. The average Bonchev–Trinajstić information content (AvgIpc) is 2.58. The lowest BCUT2D eigenvalue weighted by atomic mass is 9.78. The number of hydrogen-bond acceptors (Lipinski definition) is 4. The number of nitrogens with one attached hydrogen (secondary N) is 2. The minimum Gasteiger partial charge on any atom is -0.450 e. The maximum Gasteiger partial charge on any atom is 0.411 e. The summed E-state index contributed by atoms with van der Waals surface area (Å²) in [4.78, 5) is 26.2. The van der Waals surface area contributed by atoms with Gasteiger partial charge in [-0.1, -0.05) is 0 Å². The summed E-state index contributed by atoms with van der Waals surface area (Å²) in [6.07, 6.45) is 1.78. The van der Waals surface area contributed by atoms with E-state index >= 15 is 0 Å². The first-order valence-electron chi connectivity index (χ1n) is 8.22. The molecule has 4 rings (SSSR count). The third kappa shape index (κ3) is 3.82. The Labute approximate surface area is 136 Å². The number of benzene rings is 1. The van der Waals surface area contributed by atoms with Gasteiger partial charge < -0.3 is 15.0 Å². The number of carbonyl (C=O) groups is 2. The molecule has 0 saturated carbocycles. The molecule has 0 spiro atoms. The van der Waals surface area contributed by atoms with E-state index in [4.69, 9.17) is 4.74 Å². The molecule has 2 bridgehead atoms. The molecule has 2 amide bonds. The number of piperidine rings is 3. The van der Waals surface area contributed by atoms with Gasteiger partial charge in [-0.3, -0.25) is 10.1 Å². The van der Waals surface area contributed by atoms with Crippen LogP contribution in [0.5, 0.6) is 0 Å². The lowest BCUT2D eigenvalue weighted by Crippen LogP contribution is -2.51. The zero-order valence-corrected chi connectivity index (χ0v) is 13.4. The van der Waals surface area contributed by atoms with Gasteiger partial charge in [-0.25, -0.2) is 4.79 Å². The second-order valence-corrected chi connectivity index (χ2v) is 6.16. The van der Waals surface area contributed by atoms with Gasteiger partial charge in [0.15, 0.2) is 0 Å². The van der Waals surface area contributed by atoms with Crippen LogP contribution in [0.15, 0.2) is 24.3 Å². The van der Waals surface area contributed by atoms with Crippen molar-refractivity contribution in [2.75, 3.05) is 36.9 Å². The Balaban J connectivity index is 1.55. The van der Waals surface area contributed by atoms with Gasteiger partial charge in [-0.05, 0) is 63.0 Å². The molecule has 124 valence electrons. The molecule has 1 unspecified atom stereocenters. The van der Waals surface area contributed by atoms with Crippen molar-refractivity contribution in [1.29, 1.82) is 0 Å². The highest BCUT2D eigenvalue weighted by atomic mass is 16.5. The fraction of sp³-hybridized carbons (Fsp3) is 0.529. The summed E-state index contributed by atoms with van der Waals surface area (Å²) in [5.74, 6) is 0.713. The standard InChI is InChI=1S/C17H23N3O3/c1-2-23-17(22)19-14-5-3-13(4-6-14)18-16(21)15-11-20-9-7-12(15)8-10-20/h3-6,12,15H,2,7-11H2,1H3,(H,18,21)(H,19,22). The second kappa shape index (κ2) is 7.00. The van der Waals surface area contributed by atoms with Crippen LogP contribution in [0.1, 0.15) is 19.8 Å². The Morgan fingerprint density at radius 1 is 1.13 bits per heavy atom. The van der Waals surface area contributed by atoms with Crippen molar-refractivity contribution < 1.29 is 14.3 Å². The van der Waals surface area contributed by atoms with Crippen LogP contribution in [0, 0.1) is 11.8 Å². The van der Waals surface area contributed by atoms with Crippen LogP contribution in [0.25, 0.3) is 0 Å². The van der Waals surface area contributed by atoms with Crippen LogP contribution >= 0.6 is 0 Å². The van der Waals surface area contributed by atoms with Crippen LogP contribution in [0.4, 0.5) is 16.2 Å². The number of rotatable bonds is 4. The molecule has 3 heterocycles. The van der Waals surface area contributed by atoms with Crippen molar-refractivity contribution in [2.45, 2.75) is 19.8 Å². The van der Waals surface area contributed by atoms with Crippen LogP contribution in [0.3, 0.4) is 0 Å². The van der Waals surface area contributed by atoms with E-state index in [1.54, 1.807) is 31.2 Å². The highest BCUT2D eigenvalue weighted by Gasteiger charge is 2.38. The molecule has 3 saturated heterocycles. The van der Waals surface area contributed by atoms with Gasteiger partial charge in [0.05, 0.1) is 12.5 Å². The minimum atomic E-state index is -0.475. The van der Waals surface area contributed by atoms with E-state index in [1.165, 1.54) is 0 Å². The fourth-order valence-electron chi connectivity index (χ4n) is 3.42. The summed E-state index contributed by atoms with van der Waals surface area (Å²) in [7, 11) is 0. The van der Waals surface area contributed by atoms with Gasteiger partial charge in [0.2, 0.25) is 5.91 Å². The van der Waals surface area contributed by atoms with Gasteiger partial charge in [0.1, 0.15) is 0 Å². The Morgan fingerprint density at radius 2 is 1.74 bits per heavy atom. The molecule has 6 heteroatoms. The van der Waals surface area contributed by atoms with Gasteiger partial charge in [0, 0.05) is 17.9 Å². The van der Waals surface area contributed by atoms with Crippen LogP contribution in [0.2, 0.25) is 0 Å². The summed E-state index contributed by atoms with van der Waals surface area (Å²) in [5, 5.41) is 5.62. The third-order valence-corrected chi connectivity index (χ3v) is 4.67. The molecule has 0 aromatic heterocycles. The molecule has 23 heavy (non-hydrogen) atoms. The van der Waals surface area contributed by atoms with Crippen molar-refractivity contribution in [3.63, 3.8) is 0 Å². The molecule has 3 aliphatic heterocycles. The Bertz CT molecular complexity index is 565. The van der Waals surface area contributed by atoms with E-state index in [1.807, 2.05) is 0 Å². The van der Waals surface area contributed by atoms with E-state index in [0.717, 1.165) is 38.2 Å². The molecule has 6 nitrogen and oxygen atoms in total. The van der Waals surface area contributed by atoms with Crippen LogP contribution in [-0.2, 0) is 9.53 Å². The third-order valence-electron chi connectivity index (χ3n) is 4.67. The van der Waals surface area contributed by atoms with Crippen molar-refractivity contribution in [3.05, 3.63) is 24.3 Å². The number of carbonyl (C=O) groups excluding carboxylic acids is 2. The lowest BCUT2D eigenvalue weighted by molar-refractivity contribution is -0.125. The first kappa shape index (κ1) is 15.8. The number of fused-ring (bicyclic) bond motifs is 3. The highest BCUT2D eigenvalue weighted by molar-refractivity contribution is 5.93. The van der Waals surface area contributed by atoms with Crippen LogP contribution in [-0.4, -0.2) is 43.1 Å². The smallest absolute Gasteiger partial charge is 0.411 e. The monoisotopic (exact) mass is 317 g/mol. The van der Waals surface area contributed by atoms with Gasteiger partial charge >= 0.3 is 6.09 Å². The number of ether oxygens (including phenoxy) is 1. The minimum absolute atomic E-state index is 0.0924. The maximum atomic E-state index is 12.5. The number of hydrogen-bond donors (Lipinski definition) is 2. The molecular weight excluding hydrogens is 294 g/mol. The normalized spacial score (nSPS) is 25.7. The number of amides is 2. The molecule has 1 atom stereocenters. The lowest BCUT2D eigenvalue weighted by Gasteiger charge is -2.43. The average molecular weight is 317 g/mol. The summed E-state index contributed by atoms with van der Waals surface area (Å²) >= 11 is 0. The summed E-state index contributed by atoms with van der Waals surface area (Å²) < 4.78 is 4.82. The molecule has 3 fully saturated rings. The molecule has 0 radical (unpaired) electrons. The van der Waals surface area contributed by atoms with Crippen molar-refractivity contribution in [1.82, 2.24) is 4.90 Å². The van der Waals surface area contributed by atoms with E-state index in [0.29, 0.717) is 18.2 Å². The largest absolute Gasteiger partial charge is 0.450 e. The van der Waals surface area contributed by atoms with Crippen molar-refractivity contribution in [2.24, 2.45) is 11.8 Å². The summed E-state index contributed by atoms with van der Waals surface area (Å²) in [6.45, 7) is 5.22. The quantitative estimate of drug-likeness (QED) is 0.895. The SMILES string of the molecule is CCOC(=O)Nc1ccc(NC(=O)C2CN3CCC2CC3)cc1. The summed E-state index contributed by atoms with van der Waals surface area (Å²) in [5.41, 5.74) is 1.39. The van der Waals surface area contributed by atoms with E-state index in [2.05, 4.69) is 15.5 Å². The van der Waals surface area contributed by atoms with Crippen molar-refractivity contribution >= 4 is 23.4 Å². The van der Waals surface area contributed by atoms with E-state index < -0.39 is 6.09 Å². The van der Waals surface area contributed by atoms with Gasteiger partial charge in [0.25, 0.3) is 0 Å². The predicted octanol–water partition coefficient (Wildman–Crippen LogP) is 2.54. The Morgan fingerprint density at radius 3 is 2.26 bits per heavy atom. The Kier molecular flexibility index (Phi) is 4.81. The topological polar surface area (TPSA) is 70.7 Å². The first-order valence-corrected chi connectivity index (χ1v) is 8.22. The maximum absolute atomic E-state index is 12.5. The van der Waals surface area contributed by atoms with Crippen molar-refractivity contribution in [3.8, 4) is 0 Å². The fourth-order valence-corrected chi connectivity index (χ4v) is 3.42. The predicted molar refractivity (Wildman–Crippen MR) is 88.4 cm³/mol. The van der Waals surface area contributed by atoms with E-state index in [-0.39, 0.29) is 11.8 Å². The van der Waals surface area contributed by atoms with Crippen LogP contribution < -0.4 is 10.6 Å². The summed E-state index contributed by atoms with van der Waals surface area (Å²) in [6, 6.07) is 7.09. The second-order valence-electron chi connectivity index (χ2n) is 6.16. The van der Waals surface area contributed by atoms with Gasteiger partial charge in [-0.15, -0.1) is 0 Å². The zero-order valence-electron chi connectivity index (χ0n) is 13.4. The van der Waals surface area contributed by atoms with E-state index in [9.17, 15) is 9.59 Å². The zero-order chi connectivity index (χ0) is 16.2. The first-order chi connectivity index (χ1) is 11.2. The number of anilines is 2. The molecule has 1 aromatic rings. The number of nitrogens with zero attached hydrogens (tertiary/aromatic N) is 1.